The number of nitrogens with zero attached hydrogens (tertiary/aromatic N) is 3. The lowest BCUT2D eigenvalue weighted by Gasteiger charge is -2.27. The molecule has 2 heterocycles. The fourth-order valence-electron chi connectivity index (χ4n) is 3.95. The summed E-state index contributed by atoms with van der Waals surface area (Å²) in [6.07, 6.45) is 0.838. The molecule has 31 heavy (non-hydrogen) atoms. The highest BCUT2D eigenvalue weighted by atomic mass is 16.5. The van der Waals surface area contributed by atoms with Crippen molar-refractivity contribution < 1.29 is 14.3 Å². The van der Waals surface area contributed by atoms with E-state index < -0.39 is 0 Å². The number of aryl methyl sites for hydroxylation is 1. The molecular formula is C24H26N4O3. The van der Waals surface area contributed by atoms with Gasteiger partial charge in [-0.05, 0) is 23.3 Å². The minimum Gasteiger partial charge on any atom is -0.465 e. The molecule has 7 heteroatoms. The summed E-state index contributed by atoms with van der Waals surface area (Å²) >= 11 is 0. The topological polar surface area (TPSA) is 76.5 Å². The van der Waals surface area contributed by atoms with E-state index in [-0.39, 0.29) is 11.9 Å². The Hall–Kier alpha value is -3.45. The number of esters is 1. The van der Waals surface area contributed by atoms with Gasteiger partial charge in [0.2, 0.25) is 0 Å². The number of nitrogens with one attached hydrogen (secondary N) is 1. The average Bonchev–Trinajstić information content (AvgIpc) is 3.14. The van der Waals surface area contributed by atoms with Gasteiger partial charge in [0.15, 0.2) is 5.69 Å². The Morgan fingerprint density at radius 2 is 1.81 bits per heavy atom. The maximum Gasteiger partial charge on any atom is 0.337 e. The van der Waals surface area contributed by atoms with E-state index in [1.54, 1.807) is 12.1 Å². The van der Waals surface area contributed by atoms with E-state index in [0.29, 0.717) is 24.3 Å². The van der Waals surface area contributed by atoms with Crippen molar-refractivity contribution in [1.29, 1.82) is 0 Å². The van der Waals surface area contributed by atoms with Gasteiger partial charge in [-0.1, -0.05) is 42.5 Å². The van der Waals surface area contributed by atoms with Crippen LogP contribution in [0.5, 0.6) is 0 Å². The number of carbonyl (C=O) groups excluding carboxylic acids is 2. The number of ether oxygens (including phenoxy) is 1. The number of methoxy groups -OCH3 is 1. The lowest BCUT2D eigenvalue weighted by Crippen LogP contribution is -2.32. The minimum absolute atomic E-state index is 0.148. The number of rotatable bonds is 6. The third-order valence-electron chi connectivity index (χ3n) is 5.61. The zero-order valence-electron chi connectivity index (χ0n) is 17.8. The highest BCUT2D eigenvalue weighted by molar-refractivity contribution is 5.94. The van der Waals surface area contributed by atoms with E-state index >= 15 is 0 Å². The number of aromatic nitrogens is 2. The van der Waals surface area contributed by atoms with E-state index in [1.165, 1.54) is 7.11 Å². The van der Waals surface area contributed by atoms with Gasteiger partial charge in [0.25, 0.3) is 5.91 Å². The van der Waals surface area contributed by atoms with Crippen molar-refractivity contribution >= 4 is 11.9 Å². The van der Waals surface area contributed by atoms with Crippen molar-refractivity contribution in [2.24, 2.45) is 7.05 Å². The normalized spacial score (nSPS) is 13.5. The first-order valence-corrected chi connectivity index (χ1v) is 10.3. The van der Waals surface area contributed by atoms with Gasteiger partial charge >= 0.3 is 5.97 Å². The van der Waals surface area contributed by atoms with Crippen molar-refractivity contribution in [2.45, 2.75) is 26.1 Å². The predicted molar refractivity (Wildman–Crippen MR) is 116 cm³/mol. The molecule has 0 fully saturated rings. The molecule has 0 aliphatic carbocycles. The molecular weight excluding hydrogens is 392 g/mol. The van der Waals surface area contributed by atoms with Crippen LogP contribution >= 0.6 is 0 Å². The highest BCUT2D eigenvalue weighted by Crippen LogP contribution is 2.24. The Morgan fingerprint density at radius 3 is 2.52 bits per heavy atom. The SMILES string of the molecule is COC(=O)c1ccc(CN2CCc3c(c(C(=O)NCc4ccccc4)nn3C)C2)cc1. The standard InChI is InChI=1S/C24H26N4O3/c1-27-21-12-13-28(15-18-8-10-19(11-9-18)24(30)31-2)16-20(21)22(26-27)23(29)25-14-17-6-4-3-5-7-17/h3-11H,12-16H2,1-2H3,(H,25,29). The second-order valence-electron chi connectivity index (χ2n) is 7.71. The molecule has 0 saturated carbocycles. The average molecular weight is 418 g/mol. The third kappa shape index (κ3) is 4.67. The second-order valence-corrected chi connectivity index (χ2v) is 7.71. The maximum absolute atomic E-state index is 12.8. The largest absolute Gasteiger partial charge is 0.465 e. The predicted octanol–water partition coefficient (Wildman–Crippen LogP) is 2.70. The van der Waals surface area contributed by atoms with Gasteiger partial charge < -0.3 is 10.1 Å². The van der Waals surface area contributed by atoms with E-state index in [0.717, 1.165) is 41.9 Å². The molecule has 7 nitrogen and oxygen atoms in total. The van der Waals surface area contributed by atoms with Crippen molar-refractivity contribution in [3.05, 3.63) is 88.2 Å². The van der Waals surface area contributed by atoms with Crippen molar-refractivity contribution in [3.63, 3.8) is 0 Å². The number of fused-ring (bicyclic) bond motifs is 1. The van der Waals surface area contributed by atoms with Crippen LogP contribution in [0.4, 0.5) is 0 Å². The molecule has 2 aromatic carbocycles. The number of benzene rings is 2. The van der Waals surface area contributed by atoms with Crippen LogP contribution in [0.15, 0.2) is 54.6 Å². The van der Waals surface area contributed by atoms with Crippen LogP contribution in [0.2, 0.25) is 0 Å². The molecule has 4 rings (SSSR count). The molecule has 0 unspecified atom stereocenters. The first-order valence-electron chi connectivity index (χ1n) is 10.3. The Bertz CT molecular complexity index is 1070. The monoisotopic (exact) mass is 418 g/mol. The van der Waals surface area contributed by atoms with Crippen molar-refractivity contribution in [2.75, 3.05) is 13.7 Å². The lowest BCUT2D eigenvalue weighted by atomic mass is 10.0. The zero-order valence-corrected chi connectivity index (χ0v) is 17.8. The molecule has 0 bridgehead atoms. The van der Waals surface area contributed by atoms with Crippen LogP contribution in [-0.4, -0.2) is 40.2 Å². The summed E-state index contributed by atoms with van der Waals surface area (Å²) in [4.78, 5) is 26.8. The van der Waals surface area contributed by atoms with Crippen LogP contribution in [0.25, 0.3) is 0 Å². The summed E-state index contributed by atoms with van der Waals surface area (Å²) in [5, 5.41) is 7.50. The van der Waals surface area contributed by atoms with Gasteiger partial charge in [-0.2, -0.15) is 5.10 Å². The lowest BCUT2D eigenvalue weighted by molar-refractivity contribution is 0.0600. The Kier molecular flexibility index (Phi) is 6.13. The summed E-state index contributed by atoms with van der Waals surface area (Å²) in [6.45, 7) is 2.76. The van der Waals surface area contributed by atoms with Crippen LogP contribution in [0, 0.1) is 0 Å². The second kappa shape index (κ2) is 9.14. The summed E-state index contributed by atoms with van der Waals surface area (Å²) in [7, 11) is 3.27. The minimum atomic E-state index is -0.337. The van der Waals surface area contributed by atoms with Gasteiger partial charge in [-0.15, -0.1) is 0 Å². The third-order valence-corrected chi connectivity index (χ3v) is 5.61. The van der Waals surface area contributed by atoms with Gasteiger partial charge in [0.1, 0.15) is 0 Å². The first-order chi connectivity index (χ1) is 15.0. The maximum atomic E-state index is 12.8. The van der Waals surface area contributed by atoms with Gasteiger partial charge in [-0.3, -0.25) is 14.4 Å². The molecule has 160 valence electrons. The van der Waals surface area contributed by atoms with Crippen molar-refractivity contribution in [3.8, 4) is 0 Å². The fraction of sp³-hybridized carbons (Fsp3) is 0.292. The Morgan fingerprint density at radius 1 is 1.06 bits per heavy atom. The molecule has 1 amide bonds. The summed E-state index contributed by atoms with van der Waals surface area (Å²) in [5.41, 5.74) is 5.30. The number of hydrogen-bond acceptors (Lipinski definition) is 5. The van der Waals surface area contributed by atoms with Crippen LogP contribution in [-0.2, 0) is 37.8 Å². The molecule has 0 radical (unpaired) electrons. The Labute approximate surface area is 181 Å². The molecule has 3 aromatic rings. The quantitative estimate of drug-likeness (QED) is 0.623. The van der Waals surface area contributed by atoms with E-state index in [4.69, 9.17) is 4.74 Å². The highest BCUT2D eigenvalue weighted by Gasteiger charge is 2.27. The molecule has 1 aromatic heterocycles. The molecule has 1 N–H and O–H groups in total. The Balaban J connectivity index is 1.44. The van der Waals surface area contributed by atoms with E-state index in [9.17, 15) is 9.59 Å². The van der Waals surface area contributed by atoms with Crippen LogP contribution in [0.3, 0.4) is 0 Å². The van der Waals surface area contributed by atoms with E-state index in [1.807, 2.05) is 54.2 Å². The van der Waals surface area contributed by atoms with Gasteiger partial charge in [0.05, 0.1) is 12.7 Å². The zero-order chi connectivity index (χ0) is 21.8. The molecule has 0 spiro atoms. The number of amides is 1. The number of hydrogen-bond donors (Lipinski definition) is 1. The molecule has 0 atom stereocenters. The molecule has 0 saturated heterocycles. The van der Waals surface area contributed by atoms with Gasteiger partial charge in [0, 0.05) is 50.9 Å². The fourth-order valence-corrected chi connectivity index (χ4v) is 3.95. The molecule has 1 aliphatic rings. The summed E-state index contributed by atoms with van der Waals surface area (Å²) in [6, 6.07) is 17.3. The van der Waals surface area contributed by atoms with Gasteiger partial charge in [-0.25, -0.2) is 4.79 Å². The summed E-state index contributed by atoms with van der Waals surface area (Å²) < 4.78 is 6.58. The summed E-state index contributed by atoms with van der Waals surface area (Å²) in [5.74, 6) is -0.485. The first kappa shape index (κ1) is 20.8. The van der Waals surface area contributed by atoms with Crippen LogP contribution < -0.4 is 5.32 Å². The van der Waals surface area contributed by atoms with Crippen molar-refractivity contribution in [1.82, 2.24) is 20.0 Å². The van der Waals surface area contributed by atoms with E-state index in [2.05, 4.69) is 15.3 Å². The molecule has 1 aliphatic heterocycles. The van der Waals surface area contributed by atoms with Crippen LogP contribution in [0.1, 0.15) is 43.2 Å². The smallest absolute Gasteiger partial charge is 0.337 e. The number of carbonyl (C=O) groups is 2.